The van der Waals surface area contributed by atoms with Crippen LogP contribution in [0, 0.1) is 5.92 Å². The fourth-order valence-corrected chi connectivity index (χ4v) is 3.84. The van der Waals surface area contributed by atoms with E-state index in [0.717, 1.165) is 54.2 Å². The number of halogens is 2. The molecule has 0 unspecified atom stereocenters. The third-order valence-electron chi connectivity index (χ3n) is 4.76. The maximum atomic E-state index is 6.57. The monoisotopic (exact) mass is 387 g/mol. The van der Waals surface area contributed by atoms with Gasteiger partial charge in [0.05, 0.1) is 21.4 Å². The van der Waals surface area contributed by atoms with Crippen LogP contribution in [0.1, 0.15) is 25.3 Å². The van der Waals surface area contributed by atoms with Crippen molar-refractivity contribution in [2.24, 2.45) is 16.6 Å². The molecule has 26 heavy (non-hydrogen) atoms. The van der Waals surface area contributed by atoms with E-state index in [4.69, 9.17) is 33.9 Å². The molecule has 1 aliphatic heterocycles. The molecule has 0 saturated carbocycles. The van der Waals surface area contributed by atoms with Crippen molar-refractivity contribution < 1.29 is 0 Å². The minimum Gasteiger partial charge on any atom is -0.402 e. The van der Waals surface area contributed by atoms with Crippen LogP contribution in [0.25, 0.3) is 0 Å². The largest absolute Gasteiger partial charge is 0.402 e. The van der Waals surface area contributed by atoms with Crippen molar-refractivity contribution in [2.45, 2.75) is 19.8 Å². The quantitative estimate of drug-likeness (QED) is 0.694. The number of nitrogens with zero attached hydrogens (tertiary/aromatic N) is 1. The summed E-state index contributed by atoms with van der Waals surface area (Å²) in [6.45, 7) is 3.98. The number of benzene rings is 2. The number of para-hydroxylation sites is 1. The Morgan fingerprint density at radius 3 is 2.23 bits per heavy atom. The summed E-state index contributed by atoms with van der Waals surface area (Å²) in [7, 11) is 0. The molecule has 0 aromatic heterocycles. The molecule has 0 spiro atoms. The molecule has 136 valence electrons. The molecule has 1 heterocycles. The van der Waals surface area contributed by atoms with E-state index in [9.17, 15) is 0 Å². The van der Waals surface area contributed by atoms with Gasteiger partial charge in [-0.3, -0.25) is 0 Å². The van der Waals surface area contributed by atoms with Crippen LogP contribution in [0.15, 0.2) is 64.8 Å². The topological polar surface area (TPSA) is 50.4 Å². The smallest absolute Gasteiger partial charge is 0.0785 e. The Kier molecular flexibility index (Phi) is 6.36. The van der Waals surface area contributed by atoms with Crippen LogP contribution in [0.5, 0.6) is 0 Å². The normalized spacial score (nSPS) is 17.1. The molecule has 0 atom stereocenters. The molecule has 2 aromatic carbocycles. The van der Waals surface area contributed by atoms with Crippen molar-refractivity contribution >= 4 is 34.6 Å². The van der Waals surface area contributed by atoms with Gasteiger partial charge < -0.3 is 11.1 Å². The first kappa shape index (κ1) is 19.0. The number of rotatable bonds is 4. The Morgan fingerprint density at radius 2 is 1.62 bits per heavy atom. The zero-order valence-corrected chi connectivity index (χ0v) is 16.3. The lowest BCUT2D eigenvalue weighted by Gasteiger charge is -2.25. The van der Waals surface area contributed by atoms with Gasteiger partial charge in [0.2, 0.25) is 0 Å². The van der Waals surface area contributed by atoms with Crippen LogP contribution in [-0.2, 0) is 0 Å². The first-order valence-corrected chi connectivity index (χ1v) is 9.59. The van der Waals surface area contributed by atoms with Crippen LogP contribution in [0.4, 0.5) is 5.69 Å². The fraction of sp³-hybridized carbons (Fsp3) is 0.286. The fourth-order valence-electron chi connectivity index (χ4n) is 3.26. The first-order chi connectivity index (χ1) is 12.6. The zero-order chi connectivity index (χ0) is 18.5. The van der Waals surface area contributed by atoms with Crippen molar-refractivity contribution in [3.8, 4) is 0 Å². The highest BCUT2D eigenvalue weighted by atomic mass is 35.5. The van der Waals surface area contributed by atoms with Crippen molar-refractivity contribution in [3.05, 3.63) is 75.4 Å². The number of nitrogens with one attached hydrogen (secondary N) is 1. The van der Waals surface area contributed by atoms with E-state index < -0.39 is 0 Å². The third-order valence-corrected chi connectivity index (χ3v) is 5.39. The van der Waals surface area contributed by atoms with E-state index in [0.29, 0.717) is 16.0 Å². The summed E-state index contributed by atoms with van der Waals surface area (Å²) in [6, 6.07) is 15.3. The van der Waals surface area contributed by atoms with Crippen molar-refractivity contribution in [1.82, 2.24) is 5.32 Å². The third kappa shape index (κ3) is 4.29. The van der Waals surface area contributed by atoms with Crippen LogP contribution in [-0.4, -0.2) is 18.8 Å². The highest BCUT2D eigenvalue weighted by molar-refractivity contribution is 6.41. The molecule has 1 fully saturated rings. The van der Waals surface area contributed by atoms with Crippen LogP contribution in [0.3, 0.4) is 0 Å². The molecular formula is C21H23Cl2N3. The molecule has 1 aliphatic rings. The highest BCUT2D eigenvalue weighted by Crippen LogP contribution is 2.31. The maximum Gasteiger partial charge on any atom is 0.0785 e. The van der Waals surface area contributed by atoms with Crippen LogP contribution < -0.4 is 11.1 Å². The standard InChI is InChI=1S/C21H23Cl2N3/c1-14(20(24)15-10-12-25-13-11-15)21(26-16-6-3-2-4-7-16)19-17(22)8-5-9-18(19)23/h2-9,15,25H,10-13,24H2,1H3/b20-14-,26-21?. The second-order valence-electron chi connectivity index (χ2n) is 6.50. The van der Waals surface area contributed by atoms with E-state index in [1.807, 2.05) is 55.5 Å². The van der Waals surface area contributed by atoms with Crippen molar-refractivity contribution in [2.75, 3.05) is 13.1 Å². The average molecular weight is 388 g/mol. The van der Waals surface area contributed by atoms with E-state index in [-0.39, 0.29) is 0 Å². The van der Waals surface area contributed by atoms with Gasteiger partial charge in [0.25, 0.3) is 0 Å². The Bertz CT molecular complexity index is 802. The Morgan fingerprint density at radius 1 is 1.00 bits per heavy atom. The lowest BCUT2D eigenvalue weighted by atomic mass is 9.89. The summed E-state index contributed by atoms with van der Waals surface area (Å²) in [5.41, 5.74) is 10.7. The van der Waals surface area contributed by atoms with Crippen LogP contribution >= 0.6 is 23.2 Å². The van der Waals surface area contributed by atoms with Crippen molar-refractivity contribution in [3.63, 3.8) is 0 Å². The number of nitrogens with two attached hydrogens (primary N) is 1. The van der Waals surface area contributed by atoms with Gasteiger partial charge in [0, 0.05) is 17.2 Å². The number of hydrogen-bond acceptors (Lipinski definition) is 3. The molecule has 0 radical (unpaired) electrons. The van der Waals surface area contributed by atoms with Gasteiger partial charge in [-0.2, -0.15) is 0 Å². The molecule has 0 amide bonds. The summed E-state index contributed by atoms with van der Waals surface area (Å²) in [4.78, 5) is 4.86. The van der Waals surface area contributed by atoms with E-state index in [1.54, 1.807) is 0 Å². The molecule has 5 heteroatoms. The molecule has 0 aliphatic carbocycles. The SMILES string of the molecule is C/C(C(=Nc1ccccc1)c1c(Cl)cccc1Cl)=C(/N)C1CCNCC1. The van der Waals surface area contributed by atoms with Gasteiger partial charge in [-0.25, -0.2) is 4.99 Å². The van der Waals surface area contributed by atoms with Gasteiger partial charge in [-0.15, -0.1) is 0 Å². The number of hydrogen-bond donors (Lipinski definition) is 2. The summed E-state index contributed by atoms with van der Waals surface area (Å²) < 4.78 is 0. The summed E-state index contributed by atoms with van der Waals surface area (Å²) in [6.07, 6.45) is 2.05. The first-order valence-electron chi connectivity index (χ1n) is 8.83. The lowest BCUT2D eigenvalue weighted by molar-refractivity contribution is 0.416. The molecule has 3 rings (SSSR count). The average Bonchev–Trinajstić information content (AvgIpc) is 2.67. The van der Waals surface area contributed by atoms with Gasteiger partial charge in [0.1, 0.15) is 0 Å². The maximum absolute atomic E-state index is 6.57. The molecule has 3 N–H and O–H groups in total. The molecular weight excluding hydrogens is 365 g/mol. The van der Waals surface area contributed by atoms with Gasteiger partial charge in [-0.1, -0.05) is 47.5 Å². The summed E-state index contributed by atoms with van der Waals surface area (Å²) in [5.74, 6) is 0.346. The molecule has 3 nitrogen and oxygen atoms in total. The summed E-state index contributed by atoms with van der Waals surface area (Å²) in [5, 5.41) is 4.52. The molecule has 0 bridgehead atoms. The highest BCUT2D eigenvalue weighted by Gasteiger charge is 2.22. The van der Waals surface area contributed by atoms with E-state index >= 15 is 0 Å². The predicted molar refractivity (Wildman–Crippen MR) is 112 cm³/mol. The second-order valence-corrected chi connectivity index (χ2v) is 7.31. The number of aliphatic imine (C=N–C) groups is 1. The van der Waals surface area contributed by atoms with Gasteiger partial charge >= 0.3 is 0 Å². The summed E-state index contributed by atoms with van der Waals surface area (Å²) >= 11 is 13.0. The minimum absolute atomic E-state index is 0.346. The zero-order valence-electron chi connectivity index (χ0n) is 14.8. The molecule has 1 saturated heterocycles. The van der Waals surface area contributed by atoms with E-state index in [1.165, 1.54) is 0 Å². The Labute approximate surface area is 164 Å². The molecule has 2 aromatic rings. The number of allylic oxidation sites excluding steroid dienone is 2. The minimum atomic E-state index is 0.346. The Hall–Kier alpha value is -1.81. The number of piperidine rings is 1. The van der Waals surface area contributed by atoms with Gasteiger partial charge in [-0.05, 0) is 62.7 Å². The predicted octanol–water partition coefficient (Wildman–Crippen LogP) is 5.35. The second kappa shape index (κ2) is 8.72. The van der Waals surface area contributed by atoms with Crippen molar-refractivity contribution in [1.29, 1.82) is 0 Å². The Balaban J connectivity index is 2.13. The van der Waals surface area contributed by atoms with E-state index in [2.05, 4.69) is 5.32 Å². The van der Waals surface area contributed by atoms with Crippen LogP contribution in [0.2, 0.25) is 10.0 Å². The lowest BCUT2D eigenvalue weighted by Crippen LogP contribution is -2.31. The van der Waals surface area contributed by atoms with Gasteiger partial charge in [0.15, 0.2) is 0 Å².